The van der Waals surface area contributed by atoms with Crippen molar-refractivity contribution in [3.05, 3.63) is 34.6 Å². The van der Waals surface area contributed by atoms with Gasteiger partial charge in [0, 0.05) is 18.7 Å². The minimum Gasteiger partial charge on any atom is -0.467 e. The summed E-state index contributed by atoms with van der Waals surface area (Å²) in [5.41, 5.74) is 1.07. The van der Waals surface area contributed by atoms with Crippen LogP contribution in [-0.2, 0) is 11.3 Å². The summed E-state index contributed by atoms with van der Waals surface area (Å²) in [6.07, 6.45) is -7.51. The Kier molecular flexibility index (Phi) is 6.03. The third-order valence-corrected chi connectivity index (χ3v) is 5.51. The molecule has 4 rings (SSSR count). The predicted molar refractivity (Wildman–Crippen MR) is 110 cm³/mol. The lowest BCUT2D eigenvalue weighted by Crippen LogP contribution is -2.30. The standard InChI is InChI=1S/C21H19F5N6O2/c1-10-15(11(2)29-19(28-10)33-3)31-7-4-8-32-16-13(17(21(24,25)26)34-18(22)23)6-5-12(9-27)14(16)30-20(31)32/h5-6,17-18H,4,7-8H2,1-3H3. The Morgan fingerprint density at radius 1 is 1.09 bits per heavy atom. The van der Waals surface area contributed by atoms with Crippen molar-refractivity contribution >= 4 is 22.7 Å². The highest BCUT2D eigenvalue weighted by atomic mass is 19.4. The van der Waals surface area contributed by atoms with Crippen LogP contribution in [0.15, 0.2) is 12.1 Å². The van der Waals surface area contributed by atoms with Crippen molar-refractivity contribution in [3.8, 4) is 12.1 Å². The average Bonchev–Trinajstić information content (AvgIpc) is 3.16. The van der Waals surface area contributed by atoms with Gasteiger partial charge in [0.25, 0.3) is 0 Å². The van der Waals surface area contributed by atoms with Crippen molar-refractivity contribution < 1.29 is 31.4 Å². The van der Waals surface area contributed by atoms with Gasteiger partial charge in [-0.25, -0.2) is 4.98 Å². The molecule has 1 aliphatic heterocycles. The lowest BCUT2D eigenvalue weighted by atomic mass is 10.0. The van der Waals surface area contributed by atoms with Crippen molar-refractivity contribution in [3.63, 3.8) is 0 Å². The number of fused-ring (bicyclic) bond motifs is 3. The molecule has 8 nitrogen and oxygen atoms in total. The van der Waals surface area contributed by atoms with E-state index >= 15 is 0 Å². The van der Waals surface area contributed by atoms with Crippen LogP contribution in [-0.4, -0.2) is 46.0 Å². The van der Waals surface area contributed by atoms with Crippen LogP contribution in [0, 0.1) is 25.2 Å². The summed E-state index contributed by atoms with van der Waals surface area (Å²) in [7, 11) is 1.43. The number of imidazole rings is 1. The molecule has 0 fully saturated rings. The van der Waals surface area contributed by atoms with E-state index in [-0.39, 0.29) is 35.1 Å². The second kappa shape index (κ2) is 8.68. The van der Waals surface area contributed by atoms with Gasteiger partial charge in [-0.2, -0.15) is 37.2 Å². The van der Waals surface area contributed by atoms with Gasteiger partial charge in [-0.3, -0.25) is 0 Å². The highest BCUT2D eigenvalue weighted by Gasteiger charge is 2.45. The molecule has 3 aromatic rings. The number of aryl methyl sites for hydroxylation is 3. The molecule has 0 saturated carbocycles. The highest BCUT2D eigenvalue weighted by molar-refractivity contribution is 5.89. The van der Waals surface area contributed by atoms with Gasteiger partial charge in [0.15, 0.2) is 6.10 Å². The van der Waals surface area contributed by atoms with Crippen LogP contribution in [0.2, 0.25) is 0 Å². The maximum absolute atomic E-state index is 13.7. The lowest BCUT2D eigenvalue weighted by molar-refractivity contribution is -0.276. The number of nitrogens with zero attached hydrogens (tertiary/aromatic N) is 6. The van der Waals surface area contributed by atoms with E-state index in [0.717, 1.165) is 12.1 Å². The molecule has 0 bridgehead atoms. The van der Waals surface area contributed by atoms with Crippen molar-refractivity contribution in [2.45, 2.75) is 45.7 Å². The Labute approximate surface area is 190 Å². The number of hydrogen-bond donors (Lipinski definition) is 0. The van der Waals surface area contributed by atoms with Crippen LogP contribution >= 0.6 is 0 Å². The van der Waals surface area contributed by atoms with Gasteiger partial charge >= 0.3 is 18.8 Å². The Bertz CT molecular complexity index is 1260. The first-order valence-corrected chi connectivity index (χ1v) is 10.2. The summed E-state index contributed by atoms with van der Waals surface area (Å²) in [6, 6.07) is 4.19. The molecular weight excluding hydrogens is 463 g/mol. The fourth-order valence-electron chi connectivity index (χ4n) is 4.26. The molecule has 1 aliphatic rings. The molecule has 13 heteroatoms. The number of halogens is 5. The number of methoxy groups -OCH3 is 1. The van der Waals surface area contributed by atoms with Gasteiger partial charge in [-0.1, -0.05) is 6.07 Å². The third-order valence-electron chi connectivity index (χ3n) is 5.51. The van der Waals surface area contributed by atoms with Gasteiger partial charge in [0.05, 0.1) is 35.3 Å². The number of anilines is 2. The molecule has 1 aromatic carbocycles. The van der Waals surface area contributed by atoms with Crippen molar-refractivity contribution in [2.75, 3.05) is 18.6 Å². The first-order chi connectivity index (χ1) is 16.1. The molecule has 180 valence electrons. The van der Waals surface area contributed by atoms with E-state index in [1.807, 2.05) is 6.07 Å². The van der Waals surface area contributed by atoms with Crippen LogP contribution in [0.5, 0.6) is 6.01 Å². The molecule has 34 heavy (non-hydrogen) atoms. The second-order valence-corrected chi connectivity index (χ2v) is 7.63. The van der Waals surface area contributed by atoms with E-state index in [0.29, 0.717) is 30.0 Å². The van der Waals surface area contributed by atoms with Crippen molar-refractivity contribution in [2.24, 2.45) is 0 Å². The second-order valence-electron chi connectivity index (χ2n) is 7.63. The van der Waals surface area contributed by atoms with Gasteiger partial charge in [-0.15, -0.1) is 0 Å². The number of rotatable bonds is 5. The van der Waals surface area contributed by atoms with Gasteiger partial charge < -0.3 is 18.9 Å². The zero-order chi connectivity index (χ0) is 24.8. The van der Waals surface area contributed by atoms with Crippen molar-refractivity contribution in [1.82, 2.24) is 19.5 Å². The van der Waals surface area contributed by atoms with E-state index in [1.54, 1.807) is 18.7 Å². The maximum atomic E-state index is 13.7. The van der Waals surface area contributed by atoms with E-state index in [1.165, 1.54) is 11.7 Å². The zero-order valence-electron chi connectivity index (χ0n) is 18.3. The fourth-order valence-corrected chi connectivity index (χ4v) is 4.26. The Balaban J connectivity index is 1.98. The summed E-state index contributed by atoms with van der Waals surface area (Å²) in [5, 5.41) is 9.54. The Hall–Kier alpha value is -3.53. The Morgan fingerprint density at radius 3 is 2.32 bits per heavy atom. The molecule has 0 aliphatic carbocycles. The largest absolute Gasteiger partial charge is 0.467 e. The summed E-state index contributed by atoms with van der Waals surface area (Å²) in [5.74, 6) is 0.253. The number of ether oxygens (including phenoxy) is 2. The van der Waals surface area contributed by atoms with Crippen molar-refractivity contribution in [1.29, 1.82) is 5.26 Å². The maximum Gasteiger partial charge on any atom is 0.419 e. The fraction of sp³-hybridized carbons (Fsp3) is 0.429. The molecule has 3 heterocycles. The molecule has 1 atom stereocenters. The molecule has 0 N–H and O–H groups in total. The molecule has 2 aromatic heterocycles. The Morgan fingerprint density at radius 2 is 1.76 bits per heavy atom. The highest BCUT2D eigenvalue weighted by Crippen LogP contribution is 2.43. The minimum atomic E-state index is -5.12. The number of nitriles is 1. The molecule has 0 radical (unpaired) electrons. The van der Waals surface area contributed by atoms with E-state index < -0.39 is 24.5 Å². The smallest absolute Gasteiger partial charge is 0.419 e. The molecular formula is C21H19F5N6O2. The van der Waals surface area contributed by atoms with Crippen LogP contribution in [0.1, 0.15) is 35.0 Å². The van der Waals surface area contributed by atoms with E-state index in [2.05, 4.69) is 19.7 Å². The molecule has 1 unspecified atom stereocenters. The summed E-state index contributed by atoms with van der Waals surface area (Å²) >= 11 is 0. The van der Waals surface area contributed by atoms with Crippen LogP contribution in [0.4, 0.5) is 33.6 Å². The monoisotopic (exact) mass is 482 g/mol. The number of hydrogen-bond acceptors (Lipinski definition) is 7. The topological polar surface area (TPSA) is 89.1 Å². The number of alkyl halides is 5. The first-order valence-electron chi connectivity index (χ1n) is 10.2. The zero-order valence-corrected chi connectivity index (χ0v) is 18.3. The minimum absolute atomic E-state index is 0.0120. The van der Waals surface area contributed by atoms with E-state index in [9.17, 15) is 27.2 Å². The SMILES string of the molecule is COc1nc(C)c(N2CCCn3c2nc2c(C#N)ccc(C(OC(F)F)C(F)(F)F)c23)c(C)n1. The number of aromatic nitrogens is 4. The third kappa shape index (κ3) is 3.98. The molecule has 0 spiro atoms. The predicted octanol–water partition coefficient (Wildman–Crippen LogP) is 4.71. The first kappa shape index (κ1) is 23.6. The van der Waals surface area contributed by atoms with Gasteiger partial charge in [-0.05, 0) is 26.3 Å². The van der Waals surface area contributed by atoms with E-state index in [4.69, 9.17) is 4.74 Å². The molecule has 0 amide bonds. The van der Waals surface area contributed by atoms with Gasteiger partial charge in [0.1, 0.15) is 11.6 Å². The van der Waals surface area contributed by atoms with Crippen LogP contribution in [0.25, 0.3) is 11.0 Å². The van der Waals surface area contributed by atoms with Crippen LogP contribution in [0.3, 0.4) is 0 Å². The van der Waals surface area contributed by atoms with Gasteiger partial charge in [0.2, 0.25) is 5.95 Å². The lowest BCUT2D eigenvalue weighted by Gasteiger charge is -2.31. The number of benzene rings is 1. The normalized spacial score (nSPS) is 14.9. The average molecular weight is 482 g/mol. The van der Waals surface area contributed by atoms with Crippen LogP contribution < -0.4 is 9.64 Å². The summed E-state index contributed by atoms with van der Waals surface area (Å²) in [4.78, 5) is 14.8. The quantitative estimate of drug-likeness (QED) is 0.487. The summed E-state index contributed by atoms with van der Waals surface area (Å²) in [6.45, 7) is 0.527. The summed E-state index contributed by atoms with van der Waals surface area (Å²) < 4.78 is 77.6. The molecule has 0 saturated heterocycles.